The highest BCUT2D eigenvalue weighted by Crippen LogP contribution is 2.13. The molecule has 1 aromatic rings. The summed E-state index contributed by atoms with van der Waals surface area (Å²) in [5, 5.41) is 3.03. The summed E-state index contributed by atoms with van der Waals surface area (Å²) >= 11 is 0. The molecule has 0 radical (unpaired) electrons. The monoisotopic (exact) mass is 332 g/mol. The third kappa shape index (κ3) is 5.64. The summed E-state index contributed by atoms with van der Waals surface area (Å²) in [6, 6.07) is 9.90. The van der Waals surface area contributed by atoms with E-state index in [9.17, 15) is 9.59 Å². The molecule has 1 fully saturated rings. The molecule has 24 heavy (non-hydrogen) atoms. The number of amides is 2. The minimum atomic E-state index is -0.477. The molecule has 1 aliphatic heterocycles. The lowest BCUT2D eigenvalue weighted by molar-refractivity contribution is -0.145. The maximum atomic E-state index is 12.6. The van der Waals surface area contributed by atoms with Crippen LogP contribution in [-0.2, 0) is 20.9 Å². The van der Waals surface area contributed by atoms with Crippen molar-refractivity contribution in [3.63, 3.8) is 0 Å². The van der Waals surface area contributed by atoms with Crippen LogP contribution in [0.1, 0.15) is 45.1 Å². The van der Waals surface area contributed by atoms with Gasteiger partial charge in [-0.1, -0.05) is 37.3 Å². The number of carbonyl (C=O) groups is 2. The van der Waals surface area contributed by atoms with Gasteiger partial charge in [0, 0.05) is 25.6 Å². The van der Waals surface area contributed by atoms with Crippen LogP contribution in [0.2, 0.25) is 0 Å². The molecule has 1 aliphatic rings. The van der Waals surface area contributed by atoms with Crippen LogP contribution in [0, 0.1) is 0 Å². The van der Waals surface area contributed by atoms with E-state index >= 15 is 0 Å². The van der Waals surface area contributed by atoms with Gasteiger partial charge in [-0.3, -0.25) is 9.59 Å². The van der Waals surface area contributed by atoms with E-state index in [0.29, 0.717) is 19.6 Å². The fraction of sp³-hybridized carbons (Fsp3) is 0.579. The largest absolute Gasteiger partial charge is 0.364 e. The number of carbonyl (C=O) groups excluding carboxylic acids is 2. The first-order valence-corrected chi connectivity index (χ1v) is 8.83. The number of rotatable bonds is 7. The maximum Gasteiger partial charge on any atom is 0.251 e. The van der Waals surface area contributed by atoms with Gasteiger partial charge >= 0.3 is 0 Å². The van der Waals surface area contributed by atoms with E-state index in [2.05, 4.69) is 5.32 Å². The molecule has 2 amide bonds. The second-order valence-electron chi connectivity index (χ2n) is 6.38. The molecule has 5 heteroatoms. The van der Waals surface area contributed by atoms with Gasteiger partial charge in [0.25, 0.3) is 5.91 Å². The third-order valence-corrected chi connectivity index (χ3v) is 4.27. The van der Waals surface area contributed by atoms with Crippen LogP contribution in [0.4, 0.5) is 0 Å². The van der Waals surface area contributed by atoms with Crippen LogP contribution in [0.15, 0.2) is 30.3 Å². The number of nitrogens with one attached hydrogen (secondary N) is 1. The van der Waals surface area contributed by atoms with Gasteiger partial charge in [0.1, 0.15) is 6.10 Å². The first-order chi connectivity index (χ1) is 11.6. The SMILES string of the molecule is CCCC(=O)NC1CCCN(C(=O)C(C)OCc2ccccc2)C1. The Kier molecular flexibility index (Phi) is 7.25. The average Bonchev–Trinajstić information content (AvgIpc) is 2.60. The molecular weight excluding hydrogens is 304 g/mol. The van der Waals surface area contributed by atoms with Crippen molar-refractivity contribution in [1.82, 2.24) is 10.2 Å². The Morgan fingerprint density at radius 3 is 2.79 bits per heavy atom. The van der Waals surface area contributed by atoms with E-state index in [-0.39, 0.29) is 17.9 Å². The molecule has 0 spiro atoms. The summed E-state index contributed by atoms with van der Waals surface area (Å²) in [5.41, 5.74) is 1.06. The second-order valence-corrected chi connectivity index (χ2v) is 6.38. The lowest BCUT2D eigenvalue weighted by Crippen LogP contribution is -2.51. The third-order valence-electron chi connectivity index (χ3n) is 4.27. The number of hydrogen-bond donors (Lipinski definition) is 1. The average molecular weight is 332 g/mol. The summed E-state index contributed by atoms with van der Waals surface area (Å²) in [6.45, 7) is 5.52. The fourth-order valence-corrected chi connectivity index (χ4v) is 2.95. The van der Waals surface area contributed by atoms with Gasteiger partial charge in [0.15, 0.2) is 0 Å². The maximum absolute atomic E-state index is 12.6. The minimum absolute atomic E-state index is 0.000344. The van der Waals surface area contributed by atoms with Crippen molar-refractivity contribution in [3.8, 4) is 0 Å². The highest BCUT2D eigenvalue weighted by molar-refractivity contribution is 5.81. The number of ether oxygens (including phenoxy) is 1. The topological polar surface area (TPSA) is 58.6 Å². The molecule has 1 heterocycles. The van der Waals surface area contributed by atoms with Crippen molar-refractivity contribution < 1.29 is 14.3 Å². The predicted molar refractivity (Wildman–Crippen MR) is 93.3 cm³/mol. The van der Waals surface area contributed by atoms with Crippen molar-refractivity contribution in [1.29, 1.82) is 0 Å². The smallest absolute Gasteiger partial charge is 0.251 e. The lowest BCUT2D eigenvalue weighted by Gasteiger charge is -2.34. The summed E-state index contributed by atoms with van der Waals surface area (Å²) in [6.07, 6.45) is 2.74. The van der Waals surface area contributed by atoms with Crippen LogP contribution < -0.4 is 5.32 Å². The van der Waals surface area contributed by atoms with Crippen molar-refractivity contribution in [2.24, 2.45) is 0 Å². The van der Waals surface area contributed by atoms with Crippen LogP contribution in [-0.4, -0.2) is 41.9 Å². The highest BCUT2D eigenvalue weighted by atomic mass is 16.5. The summed E-state index contributed by atoms with van der Waals surface area (Å²) in [7, 11) is 0. The van der Waals surface area contributed by atoms with Gasteiger partial charge < -0.3 is 15.0 Å². The standard InChI is InChI=1S/C19H28N2O3/c1-3-8-18(22)20-17-11-7-12-21(13-17)19(23)15(2)24-14-16-9-5-4-6-10-16/h4-6,9-10,15,17H,3,7-8,11-14H2,1-2H3,(H,20,22). The van der Waals surface area contributed by atoms with Crippen molar-refractivity contribution >= 4 is 11.8 Å². The summed E-state index contributed by atoms with van der Waals surface area (Å²) in [4.78, 5) is 26.1. The van der Waals surface area contributed by atoms with E-state index in [1.165, 1.54) is 0 Å². The first-order valence-electron chi connectivity index (χ1n) is 8.83. The van der Waals surface area contributed by atoms with Gasteiger partial charge in [-0.15, -0.1) is 0 Å². The molecule has 0 aromatic heterocycles. The molecule has 5 nitrogen and oxygen atoms in total. The normalized spacial score (nSPS) is 18.9. The summed E-state index contributed by atoms with van der Waals surface area (Å²) in [5.74, 6) is 0.0746. The second kappa shape index (κ2) is 9.42. The van der Waals surface area contributed by atoms with Gasteiger partial charge in [-0.2, -0.15) is 0 Å². The molecular formula is C19H28N2O3. The Hall–Kier alpha value is -1.88. The Labute approximate surface area is 144 Å². The molecule has 2 atom stereocenters. The Morgan fingerprint density at radius 1 is 1.33 bits per heavy atom. The number of piperidine rings is 1. The molecule has 0 aliphatic carbocycles. The number of benzene rings is 1. The van der Waals surface area contributed by atoms with Gasteiger partial charge in [-0.25, -0.2) is 0 Å². The van der Waals surface area contributed by atoms with Crippen LogP contribution in [0.25, 0.3) is 0 Å². The Bertz CT molecular complexity index is 533. The van der Waals surface area contributed by atoms with Crippen molar-refractivity contribution in [2.45, 2.75) is 58.3 Å². The molecule has 2 rings (SSSR count). The number of likely N-dealkylation sites (tertiary alicyclic amines) is 1. The Balaban J connectivity index is 1.80. The lowest BCUT2D eigenvalue weighted by atomic mass is 10.0. The Morgan fingerprint density at radius 2 is 2.08 bits per heavy atom. The molecule has 1 saturated heterocycles. The van der Waals surface area contributed by atoms with E-state index < -0.39 is 6.10 Å². The quantitative estimate of drug-likeness (QED) is 0.834. The molecule has 0 saturated carbocycles. The van der Waals surface area contributed by atoms with Crippen LogP contribution in [0.3, 0.4) is 0 Å². The van der Waals surface area contributed by atoms with Gasteiger partial charge in [-0.05, 0) is 31.7 Å². The van der Waals surface area contributed by atoms with E-state index in [0.717, 1.165) is 31.4 Å². The minimum Gasteiger partial charge on any atom is -0.364 e. The van der Waals surface area contributed by atoms with Crippen molar-refractivity contribution in [3.05, 3.63) is 35.9 Å². The van der Waals surface area contributed by atoms with Crippen LogP contribution >= 0.6 is 0 Å². The number of nitrogens with zero attached hydrogens (tertiary/aromatic N) is 1. The van der Waals surface area contributed by atoms with E-state index in [4.69, 9.17) is 4.74 Å². The highest BCUT2D eigenvalue weighted by Gasteiger charge is 2.27. The van der Waals surface area contributed by atoms with E-state index in [1.54, 1.807) is 6.92 Å². The molecule has 1 aromatic carbocycles. The zero-order valence-corrected chi connectivity index (χ0v) is 14.7. The zero-order valence-electron chi connectivity index (χ0n) is 14.7. The fourth-order valence-electron chi connectivity index (χ4n) is 2.95. The van der Waals surface area contributed by atoms with E-state index in [1.807, 2.05) is 42.2 Å². The zero-order chi connectivity index (χ0) is 17.4. The molecule has 1 N–H and O–H groups in total. The predicted octanol–water partition coefficient (Wildman–Crippen LogP) is 2.50. The summed E-state index contributed by atoms with van der Waals surface area (Å²) < 4.78 is 5.72. The molecule has 2 unspecified atom stereocenters. The molecule has 0 bridgehead atoms. The van der Waals surface area contributed by atoms with Gasteiger partial charge in [0.05, 0.1) is 6.61 Å². The first kappa shape index (κ1) is 18.5. The number of hydrogen-bond acceptors (Lipinski definition) is 3. The van der Waals surface area contributed by atoms with Crippen LogP contribution in [0.5, 0.6) is 0 Å². The molecule has 132 valence electrons. The van der Waals surface area contributed by atoms with Crippen molar-refractivity contribution in [2.75, 3.05) is 13.1 Å². The van der Waals surface area contributed by atoms with Gasteiger partial charge in [0.2, 0.25) is 5.91 Å².